The third kappa shape index (κ3) is 4.99. The highest BCUT2D eigenvalue weighted by molar-refractivity contribution is 5.87. The van der Waals surface area contributed by atoms with Crippen LogP contribution in [0.2, 0.25) is 0 Å². The number of aliphatic hydroxyl groups is 1. The number of rotatable bonds is 6. The number of carbonyl (C=O) groups is 1. The Labute approximate surface area is 84.4 Å². The molecule has 0 bridgehead atoms. The van der Waals surface area contributed by atoms with Crippen LogP contribution in [0.5, 0.6) is 0 Å². The van der Waals surface area contributed by atoms with Crippen LogP contribution in [0.25, 0.3) is 0 Å². The predicted octanol–water partition coefficient (Wildman–Crippen LogP) is 1.59. The summed E-state index contributed by atoms with van der Waals surface area (Å²) in [5.74, 6) is -0.570. The normalized spacial score (nSPS) is 14.6. The van der Waals surface area contributed by atoms with E-state index >= 15 is 0 Å². The fraction of sp³-hybridized carbons (Fsp3) is 0.700. The van der Waals surface area contributed by atoms with Crippen LogP contribution < -0.4 is 0 Å². The van der Waals surface area contributed by atoms with Gasteiger partial charge in [-0.25, -0.2) is 4.79 Å². The molecule has 0 spiro atoms. The van der Waals surface area contributed by atoms with E-state index < -0.39 is 18.2 Å². The van der Waals surface area contributed by atoms with Gasteiger partial charge in [-0.15, -0.1) is 0 Å². The zero-order chi connectivity index (χ0) is 11.1. The maximum atomic E-state index is 11.1. The highest BCUT2D eigenvalue weighted by Gasteiger charge is 2.14. The van der Waals surface area contributed by atoms with Crippen molar-refractivity contribution in [1.82, 2.24) is 0 Å². The molecule has 0 aliphatic heterocycles. The van der Waals surface area contributed by atoms with E-state index in [4.69, 9.17) is 5.11 Å². The van der Waals surface area contributed by atoms with E-state index in [9.17, 15) is 4.79 Å². The molecule has 82 valence electrons. The topological polar surface area (TPSA) is 55.8 Å². The second kappa shape index (κ2) is 6.56. The first-order chi connectivity index (χ1) is 6.49. The van der Waals surface area contributed by atoms with E-state index in [0.717, 1.165) is 6.42 Å². The van der Waals surface area contributed by atoms with Crippen molar-refractivity contribution in [2.75, 3.05) is 0 Å². The van der Waals surface area contributed by atoms with Crippen LogP contribution in [0, 0.1) is 0 Å². The summed E-state index contributed by atoms with van der Waals surface area (Å²) in [5.41, 5.74) is 0.380. The molecule has 2 unspecified atom stereocenters. The van der Waals surface area contributed by atoms with Crippen molar-refractivity contribution < 1.29 is 19.7 Å². The third-order valence-corrected chi connectivity index (χ3v) is 1.80. The fourth-order valence-electron chi connectivity index (χ4n) is 0.663. The Morgan fingerprint density at radius 1 is 1.50 bits per heavy atom. The Bertz CT molecular complexity index is 198. The van der Waals surface area contributed by atoms with Crippen LogP contribution in [0.15, 0.2) is 12.2 Å². The van der Waals surface area contributed by atoms with Crippen molar-refractivity contribution in [3.05, 3.63) is 12.2 Å². The van der Waals surface area contributed by atoms with Crippen molar-refractivity contribution in [2.24, 2.45) is 0 Å². The number of hydrogen-bond acceptors (Lipinski definition) is 4. The first-order valence-electron chi connectivity index (χ1n) is 4.72. The van der Waals surface area contributed by atoms with Crippen molar-refractivity contribution in [3.63, 3.8) is 0 Å². The molecule has 0 aromatic heterocycles. The minimum atomic E-state index is -0.678. The summed E-state index contributed by atoms with van der Waals surface area (Å²) < 4.78 is 0. The summed E-state index contributed by atoms with van der Waals surface area (Å²) in [6.45, 7) is 8.66. The van der Waals surface area contributed by atoms with Crippen molar-refractivity contribution in [1.29, 1.82) is 0 Å². The average Bonchev–Trinajstić information content (AvgIpc) is 2.13. The highest BCUT2D eigenvalue weighted by atomic mass is 17.2. The summed E-state index contributed by atoms with van der Waals surface area (Å²) in [6.07, 6.45) is 0.209. The minimum absolute atomic E-state index is 0.380. The first kappa shape index (κ1) is 13.1. The second-order valence-corrected chi connectivity index (χ2v) is 3.27. The Hall–Kier alpha value is -0.870. The maximum Gasteiger partial charge on any atom is 0.368 e. The van der Waals surface area contributed by atoms with E-state index in [2.05, 4.69) is 16.4 Å². The molecule has 0 rings (SSSR count). The zero-order valence-corrected chi connectivity index (χ0v) is 8.95. The van der Waals surface area contributed by atoms with E-state index in [1.54, 1.807) is 13.8 Å². The number of hydrogen-bond donors (Lipinski definition) is 1. The molecule has 4 nitrogen and oxygen atoms in total. The molecule has 0 aromatic carbocycles. The van der Waals surface area contributed by atoms with E-state index in [1.165, 1.54) is 0 Å². The Kier molecular flexibility index (Phi) is 6.16. The quantitative estimate of drug-likeness (QED) is 0.403. The summed E-state index contributed by atoms with van der Waals surface area (Å²) in [6, 6.07) is 0. The predicted molar refractivity (Wildman–Crippen MR) is 52.4 cm³/mol. The molecule has 0 fully saturated rings. The maximum absolute atomic E-state index is 11.1. The van der Waals surface area contributed by atoms with Crippen LogP contribution >= 0.6 is 0 Å². The molecule has 0 aromatic rings. The van der Waals surface area contributed by atoms with E-state index in [-0.39, 0.29) is 0 Å². The molecule has 0 aliphatic rings. The summed E-state index contributed by atoms with van der Waals surface area (Å²) in [7, 11) is 0. The molecule has 1 N–H and O–H groups in total. The smallest absolute Gasteiger partial charge is 0.368 e. The van der Waals surface area contributed by atoms with Gasteiger partial charge < -0.3 is 5.11 Å². The fourth-order valence-corrected chi connectivity index (χ4v) is 0.663. The van der Waals surface area contributed by atoms with Crippen molar-refractivity contribution >= 4 is 5.97 Å². The second-order valence-electron chi connectivity index (χ2n) is 3.27. The van der Waals surface area contributed by atoms with Gasteiger partial charge in [-0.3, -0.25) is 4.89 Å². The molecule has 14 heavy (non-hydrogen) atoms. The van der Waals surface area contributed by atoms with Crippen molar-refractivity contribution in [2.45, 2.75) is 45.8 Å². The van der Waals surface area contributed by atoms with Gasteiger partial charge >= 0.3 is 5.97 Å². The molecule has 0 aliphatic carbocycles. The molecule has 2 atom stereocenters. The molecular formula is C10H18O4. The Morgan fingerprint density at radius 2 is 2.07 bits per heavy atom. The van der Waals surface area contributed by atoms with Crippen LogP contribution in [-0.2, 0) is 14.6 Å². The SMILES string of the molecule is C=C(CCC)C(=O)OOC(C)C(C)O. The number of aliphatic hydroxyl groups excluding tert-OH is 1. The summed E-state index contributed by atoms with van der Waals surface area (Å²) in [4.78, 5) is 20.3. The van der Waals surface area contributed by atoms with E-state index in [1.807, 2.05) is 6.92 Å². The van der Waals surface area contributed by atoms with E-state index in [0.29, 0.717) is 12.0 Å². The molecular weight excluding hydrogens is 184 g/mol. The standard InChI is InChI=1S/C10H18O4/c1-5-6-7(2)10(12)14-13-9(4)8(3)11/h8-9,11H,2,5-6H2,1,3-4H3. The summed E-state index contributed by atoms with van der Waals surface area (Å²) >= 11 is 0. The summed E-state index contributed by atoms with van der Waals surface area (Å²) in [5, 5.41) is 9.04. The molecule has 0 radical (unpaired) electrons. The minimum Gasteiger partial charge on any atom is -0.391 e. The Morgan fingerprint density at radius 3 is 2.50 bits per heavy atom. The first-order valence-corrected chi connectivity index (χ1v) is 4.72. The molecule has 0 amide bonds. The lowest BCUT2D eigenvalue weighted by Gasteiger charge is -2.13. The lowest BCUT2D eigenvalue weighted by atomic mass is 10.2. The van der Waals surface area contributed by atoms with Gasteiger partial charge in [0.1, 0.15) is 6.10 Å². The van der Waals surface area contributed by atoms with Crippen molar-refractivity contribution in [3.8, 4) is 0 Å². The monoisotopic (exact) mass is 202 g/mol. The third-order valence-electron chi connectivity index (χ3n) is 1.80. The van der Waals surface area contributed by atoms with Gasteiger partial charge in [-0.1, -0.05) is 19.9 Å². The van der Waals surface area contributed by atoms with Gasteiger partial charge in [-0.2, -0.15) is 4.89 Å². The van der Waals surface area contributed by atoms with Gasteiger partial charge in [0.05, 0.1) is 6.10 Å². The van der Waals surface area contributed by atoms with Crippen LogP contribution in [0.3, 0.4) is 0 Å². The zero-order valence-electron chi connectivity index (χ0n) is 8.95. The highest BCUT2D eigenvalue weighted by Crippen LogP contribution is 2.06. The van der Waals surface area contributed by atoms with Gasteiger partial charge in [0.15, 0.2) is 0 Å². The van der Waals surface area contributed by atoms with Gasteiger partial charge in [-0.05, 0) is 20.3 Å². The van der Waals surface area contributed by atoms with Crippen LogP contribution in [0.1, 0.15) is 33.6 Å². The number of carbonyl (C=O) groups excluding carboxylic acids is 1. The van der Waals surface area contributed by atoms with Crippen LogP contribution in [-0.4, -0.2) is 23.3 Å². The molecule has 0 saturated heterocycles. The van der Waals surface area contributed by atoms with Gasteiger partial charge in [0, 0.05) is 5.57 Å². The lowest BCUT2D eigenvalue weighted by molar-refractivity contribution is -0.303. The molecule has 0 heterocycles. The molecule has 0 saturated carbocycles. The van der Waals surface area contributed by atoms with Gasteiger partial charge in [0.25, 0.3) is 0 Å². The average molecular weight is 202 g/mol. The largest absolute Gasteiger partial charge is 0.391 e. The van der Waals surface area contributed by atoms with Gasteiger partial charge in [0.2, 0.25) is 0 Å². The lowest BCUT2D eigenvalue weighted by Crippen LogP contribution is -2.24. The molecule has 4 heteroatoms. The van der Waals surface area contributed by atoms with Crippen LogP contribution in [0.4, 0.5) is 0 Å². The Balaban J connectivity index is 3.79.